The highest BCUT2D eigenvalue weighted by atomic mass is 15.2. The predicted molar refractivity (Wildman–Crippen MR) is 174 cm³/mol. The molecule has 0 atom stereocenters. The summed E-state index contributed by atoms with van der Waals surface area (Å²) < 4.78 is 4.77. The molecule has 0 aliphatic heterocycles. The average Bonchev–Trinajstić information content (AvgIpc) is 3.59. The van der Waals surface area contributed by atoms with E-state index in [9.17, 15) is 0 Å². The number of rotatable bonds is 8. The quantitative estimate of drug-likeness (QED) is 0.132. The summed E-state index contributed by atoms with van der Waals surface area (Å²) >= 11 is 0. The van der Waals surface area contributed by atoms with Crippen LogP contribution in [0.5, 0.6) is 0 Å². The highest BCUT2D eigenvalue weighted by molar-refractivity contribution is 5.51. The maximum Gasteiger partial charge on any atom is 0.246 e. The van der Waals surface area contributed by atoms with E-state index in [-0.39, 0.29) is 0 Å². The summed E-state index contributed by atoms with van der Waals surface area (Å²) in [4.78, 5) is 0. The van der Waals surface area contributed by atoms with Crippen LogP contribution in [0.25, 0.3) is 0 Å². The Kier molecular flexibility index (Phi) is 7.02. The molecule has 206 valence electrons. The maximum atomic E-state index is 2.39. The molecule has 43 heavy (non-hydrogen) atoms. The van der Waals surface area contributed by atoms with Gasteiger partial charge in [0.05, 0.1) is 0 Å². The summed E-state index contributed by atoms with van der Waals surface area (Å²) in [7, 11) is 0. The van der Waals surface area contributed by atoms with Crippen molar-refractivity contribution in [3.05, 3.63) is 234 Å². The molecule has 7 aromatic rings. The first-order valence-electron chi connectivity index (χ1n) is 14.8. The molecule has 0 radical (unpaired) electrons. The van der Waals surface area contributed by atoms with Crippen molar-refractivity contribution in [1.82, 2.24) is 4.57 Å². The van der Waals surface area contributed by atoms with E-state index in [1.165, 1.54) is 33.4 Å². The van der Waals surface area contributed by atoms with Gasteiger partial charge in [0.25, 0.3) is 0 Å². The van der Waals surface area contributed by atoms with Crippen molar-refractivity contribution in [2.45, 2.75) is 11.1 Å². The van der Waals surface area contributed by atoms with E-state index in [4.69, 9.17) is 0 Å². The van der Waals surface area contributed by atoms with E-state index < -0.39 is 11.1 Å². The molecular formula is C41H33N2+. The van der Waals surface area contributed by atoms with E-state index in [2.05, 4.69) is 210 Å². The summed E-state index contributed by atoms with van der Waals surface area (Å²) in [5.74, 6) is 0. The maximum absolute atomic E-state index is 2.39. The molecular weight excluding hydrogens is 520 g/mol. The molecule has 1 heterocycles. The van der Waals surface area contributed by atoms with E-state index >= 15 is 0 Å². The second-order valence-corrected chi connectivity index (χ2v) is 10.8. The van der Waals surface area contributed by atoms with Crippen LogP contribution in [-0.4, -0.2) is 4.57 Å². The standard InChI is InChI=1S/C41H33N2/c1-7-19-34(20-8-1)40(35-21-9-2-10-22-35,36-23-11-3-12-24-36)42-31-32-43(33-42)41(37-25-13-4-14-26-37,38-27-15-5-16-28-38)39-29-17-6-18-30-39/h1-33H/q+1. The van der Waals surface area contributed by atoms with E-state index in [0.717, 1.165) is 0 Å². The number of imidazole rings is 1. The molecule has 0 spiro atoms. The van der Waals surface area contributed by atoms with Gasteiger partial charge in [0, 0.05) is 33.4 Å². The van der Waals surface area contributed by atoms with E-state index in [0.29, 0.717) is 0 Å². The lowest BCUT2D eigenvalue weighted by molar-refractivity contribution is -0.734. The first-order valence-corrected chi connectivity index (χ1v) is 14.8. The fourth-order valence-corrected chi connectivity index (χ4v) is 6.72. The Morgan fingerprint density at radius 3 is 0.930 bits per heavy atom. The van der Waals surface area contributed by atoms with Gasteiger partial charge in [-0.3, -0.25) is 0 Å². The Balaban J connectivity index is 1.58. The van der Waals surface area contributed by atoms with Gasteiger partial charge in [0.1, 0.15) is 12.4 Å². The molecule has 2 heteroatoms. The third-order valence-electron chi connectivity index (χ3n) is 8.56. The fraction of sp³-hybridized carbons (Fsp3) is 0.0488. The van der Waals surface area contributed by atoms with Crippen molar-refractivity contribution in [3.8, 4) is 0 Å². The number of benzene rings is 6. The third kappa shape index (κ3) is 4.40. The topological polar surface area (TPSA) is 8.81 Å². The highest BCUT2D eigenvalue weighted by Crippen LogP contribution is 2.42. The minimum Gasteiger partial charge on any atom is -0.219 e. The minimum absolute atomic E-state index is 0.606. The molecule has 0 saturated heterocycles. The zero-order chi connectivity index (χ0) is 29.0. The molecule has 0 N–H and O–H groups in total. The molecule has 0 amide bonds. The molecule has 6 aromatic carbocycles. The molecule has 7 rings (SSSR count). The molecule has 0 fully saturated rings. The summed E-state index contributed by atoms with van der Waals surface area (Å²) in [5, 5.41) is 0. The van der Waals surface area contributed by atoms with Crippen LogP contribution >= 0.6 is 0 Å². The van der Waals surface area contributed by atoms with Gasteiger partial charge in [-0.1, -0.05) is 182 Å². The summed E-state index contributed by atoms with van der Waals surface area (Å²) in [6, 6.07) is 65.0. The van der Waals surface area contributed by atoms with Crippen LogP contribution in [0.3, 0.4) is 0 Å². The van der Waals surface area contributed by atoms with Gasteiger partial charge >= 0.3 is 0 Å². The normalized spacial score (nSPS) is 11.7. The van der Waals surface area contributed by atoms with Crippen molar-refractivity contribution < 1.29 is 4.57 Å². The summed E-state index contributed by atoms with van der Waals surface area (Å²) in [5.41, 5.74) is 5.95. The van der Waals surface area contributed by atoms with Crippen LogP contribution in [0, 0.1) is 0 Å². The van der Waals surface area contributed by atoms with Gasteiger partial charge in [0.2, 0.25) is 6.33 Å². The van der Waals surface area contributed by atoms with Crippen molar-refractivity contribution in [1.29, 1.82) is 0 Å². The van der Waals surface area contributed by atoms with Gasteiger partial charge in [-0.15, -0.1) is 0 Å². The third-order valence-corrected chi connectivity index (χ3v) is 8.56. The zero-order valence-corrected chi connectivity index (χ0v) is 23.9. The van der Waals surface area contributed by atoms with Crippen molar-refractivity contribution in [3.63, 3.8) is 0 Å². The lowest BCUT2D eigenvalue weighted by atomic mass is 9.76. The molecule has 0 bridgehead atoms. The van der Waals surface area contributed by atoms with Gasteiger partial charge in [0.15, 0.2) is 11.1 Å². The van der Waals surface area contributed by atoms with Crippen LogP contribution in [-0.2, 0) is 11.1 Å². The SMILES string of the molecule is c1ccc(C(c2ccccc2)(c2ccccc2)n2cc[n+](C(c3ccccc3)(c3ccccc3)c3ccccc3)c2)cc1. The van der Waals surface area contributed by atoms with Crippen molar-refractivity contribution in [2.75, 3.05) is 0 Å². The second-order valence-electron chi connectivity index (χ2n) is 10.8. The summed E-state index contributed by atoms with van der Waals surface area (Å²) in [6.45, 7) is 0. The lowest BCUT2D eigenvalue weighted by Gasteiger charge is -2.34. The smallest absolute Gasteiger partial charge is 0.219 e. The Morgan fingerprint density at radius 1 is 0.349 bits per heavy atom. The minimum atomic E-state index is -0.606. The van der Waals surface area contributed by atoms with Gasteiger partial charge in [-0.2, -0.15) is 0 Å². The number of nitrogens with zero attached hydrogens (tertiary/aromatic N) is 2. The molecule has 0 aliphatic carbocycles. The molecule has 1 aromatic heterocycles. The Bertz CT molecular complexity index is 1550. The Labute approximate surface area is 253 Å². The highest BCUT2D eigenvalue weighted by Gasteiger charge is 2.47. The van der Waals surface area contributed by atoms with Gasteiger partial charge in [-0.25, -0.2) is 9.13 Å². The van der Waals surface area contributed by atoms with Crippen LogP contribution < -0.4 is 4.57 Å². The van der Waals surface area contributed by atoms with E-state index in [1.807, 2.05) is 0 Å². The average molecular weight is 554 g/mol. The zero-order valence-electron chi connectivity index (χ0n) is 23.9. The number of aromatic nitrogens is 2. The molecule has 0 unspecified atom stereocenters. The molecule has 0 aliphatic rings. The first-order chi connectivity index (χ1) is 21.3. The molecule has 0 saturated carbocycles. The van der Waals surface area contributed by atoms with Crippen LogP contribution in [0.4, 0.5) is 0 Å². The van der Waals surface area contributed by atoms with Crippen LogP contribution in [0.1, 0.15) is 33.4 Å². The summed E-state index contributed by atoms with van der Waals surface area (Å²) in [6.07, 6.45) is 6.76. The van der Waals surface area contributed by atoms with Gasteiger partial charge in [-0.05, 0) is 0 Å². The van der Waals surface area contributed by atoms with E-state index in [1.54, 1.807) is 0 Å². The van der Waals surface area contributed by atoms with Crippen molar-refractivity contribution in [2.24, 2.45) is 0 Å². The monoisotopic (exact) mass is 553 g/mol. The van der Waals surface area contributed by atoms with Crippen LogP contribution in [0.15, 0.2) is 201 Å². The largest absolute Gasteiger partial charge is 0.246 e. The molecule has 2 nitrogen and oxygen atoms in total. The fourth-order valence-electron chi connectivity index (χ4n) is 6.72. The Hall–Kier alpha value is -5.47. The predicted octanol–water partition coefficient (Wildman–Crippen LogP) is 8.46. The number of hydrogen-bond acceptors (Lipinski definition) is 0. The lowest BCUT2D eigenvalue weighted by Crippen LogP contribution is -2.58. The van der Waals surface area contributed by atoms with Crippen molar-refractivity contribution >= 4 is 0 Å². The second kappa shape index (κ2) is 11.4. The first kappa shape index (κ1) is 26.4. The number of hydrogen-bond donors (Lipinski definition) is 0. The van der Waals surface area contributed by atoms with Crippen LogP contribution in [0.2, 0.25) is 0 Å². The van der Waals surface area contributed by atoms with Gasteiger partial charge < -0.3 is 0 Å². The Morgan fingerprint density at radius 2 is 0.628 bits per heavy atom.